The molecule has 0 N–H and O–H groups in total. The van der Waals surface area contributed by atoms with E-state index >= 15 is 0 Å². The highest BCUT2D eigenvalue weighted by molar-refractivity contribution is 5.48. The lowest BCUT2D eigenvalue weighted by molar-refractivity contribution is -0.275. The zero-order valence-electron chi connectivity index (χ0n) is 11.4. The van der Waals surface area contributed by atoms with Crippen molar-refractivity contribution in [1.29, 1.82) is 0 Å². The Morgan fingerprint density at radius 2 is 1.91 bits per heavy atom. The van der Waals surface area contributed by atoms with Crippen molar-refractivity contribution in [3.8, 4) is 17.6 Å². The molecule has 0 unspecified atom stereocenters. The Labute approximate surface area is 128 Å². The summed E-state index contributed by atoms with van der Waals surface area (Å²) in [6, 6.07) is 8.46. The maximum atomic E-state index is 13.6. The van der Waals surface area contributed by atoms with Crippen molar-refractivity contribution in [1.82, 2.24) is 9.38 Å². The van der Waals surface area contributed by atoms with Crippen LogP contribution in [0.5, 0.6) is 5.75 Å². The van der Waals surface area contributed by atoms with Crippen molar-refractivity contribution in [2.75, 3.05) is 0 Å². The standard InChI is InChI=1S/C16H8F4N2O/c17-13-9-11(5-7-14(13)23-16(18,19)20)4-6-12-10-21-15-3-1-2-8-22(12)15/h1-3,5,7-10H. The normalized spacial score (nSPS) is 11.1. The third-order valence-electron chi connectivity index (χ3n) is 2.91. The van der Waals surface area contributed by atoms with Crippen LogP contribution in [0.15, 0.2) is 48.8 Å². The molecule has 0 spiro atoms. The van der Waals surface area contributed by atoms with Crippen LogP contribution in [0.25, 0.3) is 5.65 Å². The fraction of sp³-hybridized carbons (Fsp3) is 0.0625. The third-order valence-corrected chi connectivity index (χ3v) is 2.91. The van der Waals surface area contributed by atoms with Crippen molar-refractivity contribution in [3.63, 3.8) is 0 Å². The van der Waals surface area contributed by atoms with Gasteiger partial charge in [0.05, 0.1) is 6.20 Å². The van der Waals surface area contributed by atoms with Crippen molar-refractivity contribution in [3.05, 3.63) is 65.9 Å². The highest BCUT2D eigenvalue weighted by Gasteiger charge is 2.32. The maximum absolute atomic E-state index is 13.6. The van der Waals surface area contributed by atoms with Gasteiger partial charge >= 0.3 is 6.36 Å². The van der Waals surface area contributed by atoms with E-state index in [1.165, 1.54) is 6.07 Å². The second kappa shape index (κ2) is 5.65. The fourth-order valence-corrected chi connectivity index (χ4v) is 1.95. The number of ether oxygens (including phenoxy) is 1. The Balaban J connectivity index is 1.88. The lowest BCUT2D eigenvalue weighted by atomic mass is 10.2. The SMILES string of the molecule is Fc1cc(C#Cc2cnc3ccccn23)ccc1OC(F)(F)F. The Kier molecular flexibility index (Phi) is 3.66. The maximum Gasteiger partial charge on any atom is 0.573 e. The summed E-state index contributed by atoms with van der Waals surface area (Å²) in [4.78, 5) is 4.14. The lowest BCUT2D eigenvalue weighted by Gasteiger charge is -2.09. The molecule has 3 rings (SSSR count). The van der Waals surface area contributed by atoms with E-state index in [4.69, 9.17) is 0 Å². The Hall–Kier alpha value is -3.01. The van der Waals surface area contributed by atoms with E-state index in [0.717, 1.165) is 12.1 Å². The molecule has 116 valence electrons. The molecule has 0 aliphatic carbocycles. The number of halogens is 4. The van der Waals surface area contributed by atoms with Gasteiger partial charge in [-0.25, -0.2) is 9.37 Å². The highest BCUT2D eigenvalue weighted by Crippen LogP contribution is 2.25. The first-order valence-corrected chi connectivity index (χ1v) is 6.42. The van der Waals surface area contributed by atoms with Gasteiger partial charge in [-0.2, -0.15) is 0 Å². The van der Waals surface area contributed by atoms with Crippen LogP contribution in [-0.2, 0) is 0 Å². The van der Waals surface area contributed by atoms with E-state index < -0.39 is 17.9 Å². The number of pyridine rings is 1. The van der Waals surface area contributed by atoms with Crippen LogP contribution in [0.4, 0.5) is 17.6 Å². The lowest BCUT2D eigenvalue weighted by Crippen LogP contribution is -2.17. The average molecular weight is 320 g/mol. The van der Waals surface area contributed by atoms with Gasteiger partial charge < -0.3 is 4.74 Å². The summed E-state index contributed by atoms with van der Waals surface area (Å²) in [7, 11) is 0. The first kappa shape index (κ1) is 14.9. The van der Waals surface area contributed by atoms with Gasteiger partial charge in [-0.05, 0) is 36.3 Å². The summed E-state index contributed by atoms with van der Waals surface area (Å²) in [5.74, 6) is 3.46. The molecule has 0 fully saturated rings. The first-order chi connectivity index (χ1) is 10.9. The van der Waals surface area contributed by atoms with E-state index in [9.17, 15) is 17.6 Å². The molecule has 0 bridgehead atoms. The molecule has 0 aliphatic rings. The molecule has 1 aromatic carbocycles. The molecule has 2 aromatic heterocycles. The van der Waals surface area contributed by atoms with Gasteiger partial charge in [0.15, 0.2) is 11.6 Å². The quantitative estimate of drug-likeness (QED) is 0.504. The smallest absolute Gasteiger partial charge is 0.403 e. The van der Waals surface area contributed by atoms with Gasteiger partial charge in [0.25, 0.3) is 0 Å². The number of hydrogen-bond acceptors (Lipinski definition) is 2. The first-order valence-electron chi connectivity index (χ1n) is 6.42. The van der Waals surface area contributed by atoms with Gasteiger partial charge in [0, 0.05) is 11.8 Å². The molecule has 23 heavy (non-hydrogen) atoms. The molecule has 0 amide bonds. The molecule has 0 saturated heterocycles. The molecule has 0 saturated carbocycles. The zero-order chi connectivity index (χ0) is 16.4. The summed E-state index contributed by atoms with van der Waals surface area (Å²) in [5, 5.41) is 0. The van der Waals surface area contributed by atoms with Crippen LogP contribution >= 0.6 is 0 Å². The number of fused-ring (bicyclic) bond motifs is 1. The molecule has 3 nitrogen and oxygen atoms in total. The van der Waals surface area contributed by atoms with Gasteiger partial charge in [0.2, 0.25) is 0 Å². The summed E-state index contributed by atoms with van der Waals surface area (Å²) < 4.78 is 55.1. The fourth-order valence-electron chi connectivity index (χ4n) is 1.95. The molecule has 7 heteroatoms. The average Bonchev–Trinajstić information content (AvgIpc) is 2.90. The Morgan fingerprint density at radius 1 is 1.09 bits per heavy atom. The van der Waals surface area contributed by atoms with Crippen LogP contribution in [0.2, 0.25) is 0 Å². The van der Waals surface area contributed by atoms with E-state index in [1.807, 2.05) is 12.1 Å². The van der Waals surface area contributed by atoms with E-state index in [0.29, 0.717) is 11.3 Å². The van der Waals surface area contributed by atoms with E-state index in [1.54, 1.807) is 22.9 Å². The zero-order valence-corrected chi connectivity index (χ0v) is 11.4. The van der Waals surface area contributed by atoms with Crippen LogP contribution in [-0.4, -0.2) is 15.7 Å². The number of imidazole rings is 1. The van der Waals surface area contributed by atoms with Gasteiger partial charge in [-0.1, -0.05) is 12.0 Å². The van der Waals surface area contributed by atoms with Gasteiger partial charge in [0.1, 0.15) is 11.3 Å². The molecular formula is C16H8F4N2O. The molecule has 3 aromatic rings. The van der Waals surface area contributed by atoms with Gasteiger partial charge in [-0.3, -0.25) is 4.40 Å². The minimum atomic E-state index is -4.94. The molecule has 0 atom stereocenters. The predicted molar refractivity (Wildman–Crippen MR) is 74.3 cm³/mol. The second-order valence-corrected chi connectivity index (χ2v) is 4.52. The predicted octanol–water partition coefficient (Wildman–Crippen LogP) is 3.77. The van der Waals surface area contributed by atoms with Crippen molar-refractivity contribution >= 4 is 5.65 Å². The highest BCUT2D eigenvalue weighted by atomic mass is 19.4. The summed E-state index contributed by atoms with van der Waals surface area (Å²) in [5.41, 5.74) is 1.51. The van der Waals surface area contributed by atoms with Crippen LogP contribution < -0.4 is 4.74 Å². The van der Waals surface area contributed by atoms with Gasteiger partial charge in [-0.15, -0.1) is 13.2 Å². The Morgan fingerprint density at radius 3 is 2.65 bits per heavy atom. The topological polar surface area (TPSA) is 26.5 Å². The minimum Gasteiger partial charge on any atom is -0.403 e. The number of alkyl halides is 3. The largest absolute Gasteiger partial charge is 0.573 e. The summed E-state index contributed by atoms with van der Waals surface area (Å²) in [6.45, 7) is 0. The number of hydrogen-bond donors (Lipinski definition) is 0. The van der Waals surface area contributed by atoms with Crippen LogP contribution in [0, 0.1) is 17.7 Å². The Bertz CT molecular complexity index is 919. The van der Waals surface area contributed by atoms with Crippen molar-refractivity contribution in [2.45, 2.75) is 6.36 Å². The molecular weight excluding hydrogens is 312 g/mol. The monoisotopic (exact) mass is 320 g/mol. The minimum absolute atomic E-state index is 0.225. The van der Waals surface area contributed by atoms with Crippen molar-refractivity contribution < 1.29 is 22.3 Å². The molecule has 0 aliphatic heterocycles. The van der Waals surface area contributed by atoms with E-state index in [2.05, 4.69) is 21.6 Å². The van der Waals surface area contributed by atoms with E-state index in [-0.39, 0.29) is 5.56 Å². The third kappa shape index (κ3) is 3.43. The summed E-state index contributed by atoms with van der Waals surface area (Å²) in [6.07, 6.45) is -1.61. The molecule has 0 radical (unpaired) electrons. The van der Waals surface area contributed by atoms with Crippen LogP contribution in [0.3, 0.4) is 0 Å². The van der Waals surface area contributed by atoms with Crippen molar-refractivity contribution in [2.24, 2.45) is 0 Å². The number of nitrogens with zero attached hydrogens (tertiary/aromatic N) is 2. The van der Waals surface area contributed by atoms with Crippen LogP contribution in [0.1, 0.15) is 11.3 Å². The number of benzene rings is 1. The molecule has 2 heterocycles. The number of rotatable bonds is 1. The number of aromatic nitrogens is 2. The second-order valence-electron chi connectivity index (χ2n) is 4.52. The summed E-state index contributed by atoms with van der Waals surface area (Å²) >= 11 is 0.